The number of hydrogen-bond acceptors (Lipinski definition) is 1. The molecule has 1 rings (SSSR count). The number of ketones is 1. The summed E-state index contributed by atoms with van der Waals surface area (Å²) in [7, 11) is 0. The summed E-state index contributed by atoms with van der Waals surface area (Å²) in [6, 6.07) is 4.53. The molecule has 0 saturated carbocycles. The predicted octanol–water partition coefficient (Wildman–Crippen LogP) is 4.49. The van der Waals surface area contributed by atoms with Crippen molar-refractivity contribution in [2.75, 3.05) is 5.33 Å². The molecule has 0 atom stereocenters. The first-order valence-corrected chi connectivity index (χ1v) is 6.90. The normalized spacial score (nSPS) is 10.8. The van der Waals surface area contributed by atoms with E-state index in [4.69, 9.17) is 0 Å². The molecule has 0 radical (unpaired) electrons. The maximum Gasteiger partial charge on any atom is 0.264 e. The summed E-state index contributed by atoms with van der Waals surface area (Å²) in [5.74, 6) is -0.256. The minimum atomic E-state index is -2.62. The topological polar surface area (TPSA) is 17.1 Å². The lowest BCUT2D eigenvalue weighted by atomic mass is 10.00. The van der Waals surface area contributed by atoms with Crippen LogP contribution in [0.15, 0.2) is 18.2 Å². The van der Waals surface area contributed by atoms with E-state index >= 15 is 0 Å². The molecule has 0 bridgehead atoms. The van der Waals surface area contributed by atoms with Crippen molar-refractivity contribution in [3.05, 3.63) is 34.9 Å². The summed E-state index contributed by atoms with van der Waals surface area (Å²) < 4.78 is 25.5. The quantitative estimate of drug-likeness (QED) is 0.562. The number of alkyl halides is 4. The van der Waals surface area contributed by atoms with Gasteiger partial charge in [-0.15, -0.1) is 0 Å². The average molecular weight is 356 g/mol. The molecule has 0 spiro atoms. The number of Topliss-reactive ketones (excluding diaryl/α,β-unsaturated/α-hetero) is 1. The Hall–Kier alpha value is -0.290. The van der Waals surface area contributed by atoms with Gasteiger partial charge in [0.1, 0.15) is 0 Å². The second-order valence-electron chi connectivity index (χ2n) is 3.22. The number of benzene rings is 1. The van der Waals surface area contributed by atoms with Crippen molar-refractivity contribution >= 4 is 37.6 Å². The number of rotatable bonds is 5. The van der Waals surface area contributed by atoms with Crippen LogP contribution in [0.25, 0.3) is 0 Å². The van der Waals surface area contributed by atoms with Crippen molar-refractivity contribution in [1.82, 2.24) is 0 Å². The van der Waals surface area contributed by atoms with E-state index in [0.717, 1.165) is 5.56 Å². The van der Waals surface area contributed by atoms with Crippen LogP contribution < -0.4 is 0 Å². The molecule has 0 saturated heterocycles. The molecule has 88 valence electrons. The second-order valence-corrected chi connectivity index (χ2v) is 4.57. The van der Waals surface area contributed by atoms with Gasteiger partial charge in [0.2, 0.25) is 0 Å². The smallest absolute Gasteiger partial charge is 0.264 e. The minimum Gasteiger partial charge on any atom is -0.294 e. The van der Waals surface area contributed by atoms with Crippen molar-refractivity contribution < 1.29 is 13.6 Å². The molecule has 0 heterocycles. The molecule has 0 aromatic heterocycles. The standard InChI is InChI=1S/C11H10Br2F2O/c12-4-3-10(16)8-2-1-7(6-13)5-9(8)11(14)15/h1-2,5,11H,3-4,6H2. The lowest BCUT2D eigenvalue weighted by Gasteiger charge is -2.09. The second kappa shape index (κ2) is 6.45. The van der Waals surface area contributed by atoms with E-state index in [2.05, 4.69) is 31.9 Å². The molecule has 1 aromatic carbocycles. The summed E-state index contributed by atoms with van der Waals surface area (Å²) >= 11 is 6.32. The maximum atomic E-state index is 12.8. The summed E-state index contributed by atoms with van der Waals surface area (Å²) in [6.07, 6.45) is -2.39. The average Bonchev–Trinajstić information content (AvgIpc) is 2.28. The van der Waals surface area contributed by atoms with Crippen LogP contribution in [0.5, 0.6) is 0 Å². The number of halogens is 4. The Bertz CT molecular complexity index is 380. The van der Waals surface area contributed by atoms with E-state index < -0.39 is 6.43 Å². The monoisotopic (exact) mass is 354 g/mol. The zero-order valence-electron chi connectivity index (χ0n) is 8.35. The van der Waals surface area contributed by atoms with E-state index in [-0.39, 0.29) is 23.3 Å². The van der Waals surface area contributed by atoms with E-state index in [1.54, 1.807) is 6.07 Å². The third-order valence-electron chi connectivity index (χ3n) is 2.13. The van der Waals surface area contributed by atoms with Gasteiger partial charge in [0.05, 0.1) is 0 Å². The lowest BCUT2D eigenvalue weighted by molar-refractivity contribution is 0.0976. The Balaban J connectivity index is 3.12. The van der Waals surface area contributed by atoms with Gasteiger partial charge in [0.15, 0.2) is 5.78 Å². The molecular weight excluding hydrogens is 346 g/mol. The highest BCUT2D eigenvalue weighted by atomic mass is 79.9. The molecule has 0 aliphatic rings. The molecule has 1 aromatic rings. The van der Waals surface area contributed by atoms with E-state index in [1.807, 2.05) is 0 Å². The summed E-state index contributed by atoms with van der Waals surface area (Å²) in [6.45, 7) is 0. The van der Waals surface area contributed by atoms with Crippen LogP contribution in [0, 0.1) is 0 Å². The molecule has 5 heteroatoms. The fraction of sp³-hybridized carbons (Fsp3) is 0.364. The SMILES string of the molecule is O=C(CCBr)c1ccc(CBr)cc1C(F)F. The predicted molar refractivity (Wildman–Crippen MR) is 66.8 cm³/mol. The zero-order valence-corrected chi connectivity index (χ0v) is 11.5. The molecule has 16 heavy (non-hydrogen) atoms. The number of hydrogen-bond donors (Lipinski definition) is 0. The third kappa shape index (κ3) is 3.35. The Kier molecular flexibility index (Phi) is 5.55. The minimum absolute atomic E-state index is 0.124. The Morgan fingerprint density at radius 2 is 2.00 bits per heavy atom. The first-order valence-electron chi connectivity index (χ1n) is 4.66. The van der Waals surface area contributed by atoms with Gasteiger partial charge >= 0.3 is 0 Å². The molecular formula is C11H10Br2F2O. The van der Waals surface area contributed by atoms with Crippen molar-refractivity contribution in [3.8, 4) is 0 Å². The fourth-order valence-corrected chi connectivity index (χ4v) is 2.06. The van der Waals surface area contributed by atoms with Gasteiger partial charge in [0.25, 0.3) is 6.43 Å². The van der Waals surface area contributed by atoms with E-state index in [9.17, 15) is 13.6 Å². The van der Waals surface area contributed by atoms with Crippen LogP contribution in [0.4, 0.5) is 8.78 Å². The van der Waals surface area contributed by atoms with Crippen LogP contribution in [-0.2, 0) is 5.33 Å². The summed E-state index contributed by atoms with van der Waals surface area (Å²) in [5, 5.41) is 0.980. The molecule has 0 unspecified atom stereocenters. The molecule has 0 amide bonds. The van der Waals surface area contributed by atoms with Crippen molar-refractivity contribution in [1.29, 1.82) is 0 Å². The molecule has 1 nitrogen and oxygen atoms in total. The van der Waals surface area contributed by atoms with Crippen molar-refractivity contribution in [3.63, 3.8) is 0 Å². The van der Waals surface area contributed by atoms with Crippen LogP contribution in [0.3, 0.4) is 0 Å². The Morgan fingerprint density at radius 3 is 2.50 bits per heavy atom. The summed E-state index contributed by atoms with van der Waals surface area (Å²) in [5.41, 5.74) is 0.688. The zero-order chi connectivity index (χ0) is 12.1. The van der Waals surface area contributed by atoms with Gasteiger partial charge in [-0.2, -0.15) is 0 Å². The fourth-order valence-electron chi connectivity index (χ4n) is 1.35. The molecule has 0 aliphatic heterocycles. The van der Waals surface area contributed by atoms with Crippen LogP contribution in [0.1, 0.15) is 34.3 Å². The third-order valence-corrected chi connectivity index (χ3v) is 3.17. The van der Waals surface area contributed by atoms with Crippen molar-refractivity contribution in [2.45, 2.75) is 18.2 Å². The van der Waals surface area contributed by atoms with Gasteiger partial charge in [-0.25, -0.2) is 8.78 Å². The van der Waals surface area contributed by atoms with Gasteiger partial charge in [-0.3, -0.25) is 4.79 Å². The number of carbonyl (C=O) groups excluding carboxylic acids is 1. The van der Waals surface area contributed by atoms with Crippen LogP contribution in [0.2, 0.25) is 0 Å². The van der Waals surface area contributed by atoms with Crippen LogP contribution in [-0.4, -0.2) is 11.1 Å². The van der Waals surface area contributed by atoms with Crippen LogP contribution >= 0.6 is 31.9 Å². The first-order chi connectivity index (χ1) is 7.60. The molecule has 0 N–H and O–H groups in total. The summed E-state index contributed by atoms with van der Waals surface area (Å²) in [4.78, 5) is 11.6. The highest BCUT2D eigenvalue weighted by Crippen LogP contribution is 2.26. The molecule has 0 aliphatic carbocycles. The maximum absolute atomic E-state index is 12.8. The van der Waals surface area contributed by atoms with Gasteiger partial charge < -0.3 is 0 Å². The number of carbonyl (C=O) groups is 1. The van der Waals surface area contributed by atoms with Gasteiger partial charge in [0, 0.05) is 28.2 Å². The van der Waals surface area contributed by atoms with Gasteiger partial charge in [-0.05, 0) is 11.6 Å². The van der Waals surface area contributed by atoms with E-state index in [1.165, 1.54) is 12.1 Å². The van der Waals surface area contributed by atoms with Crippen molar-refractivity contribution in [2.24, 2.45) is 0 Å². The Labute approximate surface area is 109 Å². The Morgan fingerprint density at radius 1 is 1.31 bits per heavy atom. The lowest BCUT2D eigenvalue weighted by Crippen LogP contribution is -2.05. The first kappa shape index (κ1) is 13.8. The largest absolute Gasteiger partial charge is 0.294 e. The highest BCUT2D eigenvalue weighted by molar-refractivity contribution is 9.09. The van der Waals surface area contributed by atoms with E-state index in [0.29, 0.717) is 10.7 Å². The molecule has 0 fully saturated rings. The highest BCUT2D eigenvalue weighted by Gasteiger charge is 2.18. The van der Waals surface area contributed by atoms with Gasteiger partial charge in [-0.1, -0.05) is 44.0 Å².